The van der Waals surface area contributed by atoms with Crippen molar-refractivity contribution in [2.75, 3.05) is 38.8 Å². The van der Waals surface area contributed by atoms with Crippen LogP contribution in [0, 0.1) is 0 Å². The first-order chi connectivity index (χ1) is 16.1. The summed E-state index contributed by atoms with van der Waals surface area (Å²) >= 11 is 0. The first kappa shape index (κ1) is 28.4. The van der Waals surface area contributed by atoms with Crippen LogP contribution in [-0.4, -0.2) is 56.6 Å². The molecule has 8 nitrogen and oxygen atoms in total. The van der Waals surface area contributed by atoms with Crippen molar-refractivity contribution in [2.24, 2.45) is 5.73 Å². The SMILES string of the molecule is COCCOc1cccc(NC(=O)c2ccc(OC/C(=C\F)CN)cc2)c1.O=C(O)C(F)(F)F. The van der Waals surface area contributed by atoms with Gasteiger partial charge in [-0.3, -0.25) is 4.79 Å². The van der Waals surface area contributed by atoms with Crippen LogP contribution in [-0.2, 0) is 9.53 Å². The molecule has 2 aromatic carbocycles. The summed E-state index contributed by atoms with van der Waals surface area (Å²) in [5.74, 6) is -1.85. The second-order valence-corrected chi connectivity index (χ2v) is 6.41. The maximum absolute atomic E-state index is 12.5. The minimum atomic E-state index is -5.08. The van der Waals surface area contributed by atoms with E-state index in [0.717, 1.165) is 0 Å². The molecule has 0 spiro atoms. The monoisotopic (exact) mass is 488 g/mol. The molecular formula is C22H24F4N2O6. The van der Waals surface area contributed by atoms with E-state index in [9.17, 15) is 22.4 Å². The van der Waals surface area contributed by atoms with Gasteiger partial charge in [-0.25, -0.2) is 9.18 Å². The van der Waals surface area contributed by atoms with Crippen LogP contribution < -0.4 is 20.5 Å². The Morgan fingerprint density at radius 2 is 1.71 bits per heavy atom. The quantitative estimate of drug-likeness (QED) is 0.344. The maximum atomic E-state index is 12.5. The molecule has 0 unspecified atom stereocenters. The number of methoxy groups -OCH3 is 1. The fraction of sp³-hybridized carbons (Fsp3) is 0.273. The molecule has 0 aliphatic rings. The summed E-state index contributed by atoms with van der Waals surface area (Å²) in [7, 11) is 1.60. The normalized spacial score (nSPS) is 11.2. The van der Waals surface area contributed by atoms with Gasteiger partial charge in [0.2, 0.25) is 0 Å². The number of carbonyl (C=O) groups is 2. The van der Waals surface area contributed by atoms with Crippen molar-refractivity contribution in [3.63, 3.8) is 0 Å². The highest BCUT2D eigenvalue weighted by atomic mass is 19.4. The van der Waals surface area contributed by atoms with Crippen molar-refractivity contribution >= 4 is 17.6 Å². The van der Waals surface area contributed by atoms with E-state index in [-0.39, 0.29) is 19.1 Å². The zero-order valence-electron chi connectivity index (χ0n) is 18.1. The van der Waals surface area contributed by atoms with E-state index in [2.05, 4.69) is 5.32 Å². The predicted molar refractivity (Wildman–Crippen MR) is 116 cm³/mol. The summed E-state index contributed by atoms with van der Waals surface area (Å²) in [4.78, 5) is 21.3. The van der Waals surface area contributed by atoms with Gasteiger partial charge in [-0.15, -0.1) is 0 Å². The molecule has 4 N–H and O–H groups in total. The number of amides is 1. The number of halogens is 4. The molecule has 0 radical (unpaired) electrons. The lowest BCUT2D eigenvalue weighted by Crippen LogP contribution is -2.21. The molecule has 2 aromatic rings. The van der Waals surface area contributed by atoms with Crippen molar-refractivity contribution in [1.82, 2.24) is 0 Å². The second-order valence-electron chi connectivity index (χ2n) is 6.41. The minimum absolute atomic E-state index is 0.0639. The lowest BCUT2D eigenvalue weighted by molar-refractivity contribution is -0.192. The van der Waals surface area contributed by atoms with E-state index >= 15 is 0 Å². The van der Waals surface area contributed by atoms with Crippen LogP contribution >= 0.6 is 0 Å². The van der Waals surface area contributed by atoms with Crippen LogP contribution in [0.15, 0.2) is 60.4 Å². The fourth-order valence-corrected chi connectivity index (χ4v) is 2.12. The summed E-state index contributed by atoms with van der Waals surface area (Å²) in [6.45, 7) is 1.07. The Labute approximate surface area is 192 Å². The highest BCUT2D eigenvalue weighted by Gasteiger charge is 2.38. The highest BCUT2D eigenvalue weighted by molar-refractivity contribution is 6.04. The Balaban J connectivity index is 0.000000718. The van der Waals surface area contributed by atoms with Crippen LogP contribution in [0.5, 0.6) is 11.5 Å². The molecule has 186 valence electrons. The molecule has 1 amide bonds. The van der Waals surface area contributed by atoms with Gasteiger partial charge in [0.15, 0.2) is 0 Å². The molecule has 0 heterocycles. The number of nitrogens with one attached hydrogen (secondary N) is 1. The van der Waals surface area contributed by atoms with Crippen LogP contribution in [0.4, 0.5) is 23.2 Å². The van der Waals surface area contributed by atoms with E-state index in [1.807, 2.05) is 0 Å². The molecule has 0 bridgehead atoms. The maximum Gasteiger partial charge on any atom is 0.490 e. The highest BCUT2D eigenvalue weighted by Crippen LogP contribution is 2.19. The third-order valence-electron chi connectivity index (χ3n) is 3.85. The summed E-state index contributed by atoms with van der Waals surface area (Å²) in [5.41, 5.74) is 6.81. The molecular weight excluding hydrogens is 464 g/mol. The fourth-order valence-electron chi connectivity index (χ4n) is 2.12. The summed E-state index contributed by atoms with van der Waals surface area (Å²) in [6, 6.07) is 13.7. The number of ether oxygens (including phenoxy) is 3. The van der Waals surface area contributed by atoms with Crippen molar-refractivity contribution in [3.05, 3.63) is 66.0 Å². The topological polar surface area (TPSA) is 120 Å². The predicted octanol–water partition coefficient (Wildman–Crippen LogP) is 3.79. The van der Waals surface area contributed by atoms with Crippen LogP contribution in [0.3, 0.4) is 0 Å². The largest absolute Gasteiger partial charge is 0.491 e. The van der Waals surface area contributed by atoms with E-state index in [4.69, 9.17) is 29.8 Å². The number of hydrogen-bond donors (Lipinski definition) is 3. The van der Waals surface area contributed by atoms with Gasteiger partial charge in [-0.2, -0.15) is 13.2 Å². The third kappa shape index (κ3) is 10.8. The second kappa shape index (κ2) is 14.5. The molecule has 0 fully saturated rings. The van der Waals surface area contributed by atoms with Crippen molar-refractivity contribution in [2.45, 2.75) is 6.18 Å². The number of alkyl halides is 3. The first-order valence-electron chi connectivity index (χ1n) is 9.65. The van der Waals surface area contributed by atoms with Crippen LogP contribution in [0.2, 0.25) is 0 Å². The molecule has 0 atom stereocenters. The van der Waals surface area contributed by atoms with Gasteiger partial charge in [0.05, 0.1) is 12.9 Å². The minimum Gasteiger partial charge on any atom is -0.491 e. The van der Waals surface area contributed by atoms with E-state index in [0.29, 0.717) is 47.9 Å². The number of hydrogen-bond acceptors (Lipinski definition) is 6. The molecule has 0 aliphatic heterocycles. The first-order valence-corrected chi connectivity index (χ1v) is 9.65. The molecule has 34 heavy (non-hydrogen) atoms. The van der Waals surface area contributed by atoms with Gasteiger partial charge < -0.3 is 30.4 Å². The lowest BCUT2D eigenvalue weighted by atomic mass is 10.2. The third-order valence-corrected chi connectivity index (χ3v) is 3.85. The molecule has 0 saturated carbocycles. The molecule has 0 aromatic heterocycles. The smallest absolute Gasteiger partial charge is 0.490 e. The molecule has 0 aliphatic carbocycles. The van der Waals surface area contributed by atoms with Gasteiger partial charge in [-0.1, -0.05) is 6.07 Å². The number of rotatable bonds is 10. The number of anilines is 1. The average molecular weight is 488 g/mol. The Morgan fingerprint density at radius 1 is 1.06 bits per heavy atom. The Morgan fingerprint density at radius 3 is 2.24 bits per heavy atom. The van der Waals surface area contributed by atoms with E-state index in [1.54, 1.807) is 55.6 Å². The van der Waals surface area contributed by atoms with Crippen molar-refractivity contribution in [3.8, 4) is 11.5 Å². The van der Waals surface area contributed by atoms with Gasteiger partial charge in [0.1, 0.15) is 24.7 Å². The molecule has 2 rings (SSSR count). The number of aliphatic carboxylic acids is 1. The van der Waals surface area contributed by atoms with Gasteiger partial charge in [0.25, 0.3) is 5.91 Å². The number of benzene rings is 2. The van der Waals surface area contributed by atoms with Crippen LogP contribution in [0.1, 0.15) is 10.4 Å². The number of carboxylic acids is 1. The van der Waals surface area contributed by atoms with Gasteiger partial charge in [-0.05, 0) is 36.4 Å². The van der Waals surface area contributed by atoms with Crippen molar-refractivity contribution in [1.29, 1.82) is 0 Å². The average Bonchev–Trinajstić information content (AvgIpc) is 2.80. The Bertz CT molecular complexity index is 949. The Kier molecular flexibility index (Phi) is 12.1. The number of carbonyl (C=O) groups excluding carboxylic acids is 1. The lowest BCUT2D eigenvalue weighted by Gasteiger charge is -2.10. The summed E-state index contributed by atoms with van der Waals surface area (Å²) in [5, 5.41) is 9.94. The standard InChI is InChI=1S/C20H23FN2O4.C2HF3O2/c1-25-9-10-26-19-4-2-3-17(11-19)23-20(24)16-5-7-18(8-6-16)27-14-15(12-21)13-22;3-2(4,5)1(6)7/h2-8,11-12H,9-10,13-14,22H2,1H3,(H,23,24);(H,6,7)/b15-12-;. The van der Waals surface area contributed by atoms with E-state index in [1.165, 1.54) is 0 Å². The number of carboxylic acid groups (broad SMARTS) is 1. The molecule has 0 saturated heterocycles. The van der Waals surface area contributed by atoms with E-state index < -0.39 is 12.1 Å². The summed E-state index contributed by atoms with van der Waals surface area (Å²) < 4.78 is 60.1. The Hall–Kier alpha value is -3.64. The van der Waals surface area contributed by atoms with Crippen LogP contribution in [0.25, 0.3) is 0 Å². The summed E-state index contributed by atoms with van der Waals surface area (Å²) in [6.07, 6.45) is -4.64. The van der Waals surface area contributed by atoms with Crippen molar-refractivity contribution < 1.29 is 46.5 Å². The zero-order chi connectivity index (χ0) is 25.6. The number of nitrogens with two attached hydrogens (primary N) is 1. The van der Waals surface area contributed by atoms with Gasteiger partial charge >= 0.3 is 12.1 Å². The van der Waals surface area contributed by atoms with Gasteiger partial charge in [0, 0.05) is 36.5 Å². The zero-order valence-corrected chi connectivity index (χ0v) is 18.1. The molecule has 12 heteroatoms.